The van der Waals surface area contributed by atoms with E-state index in [4.69, 9.17) is 10.2 Å². The molecule has 3 aliphatic rings. The standard InChI is InChI=1S/C25H27FN4O4/c26-20-12-16(14-29-8-10-34-11-9-29)4-5-17(20)13-27-21-3-1-2-18-19(21)15-30(25(18)33)22-6-7-23(31)28-24(22)32/h1-5,12,22,27H,6-11,13-15H2,(H,28,31,32)/t22-/m0/s1/i6D2,7D2. The van der Waals surface area contributed by atoms with Crippen LogP contribution in [0.1, 0.15) is 45.3 Å². The van der Waals surface area contributed by atoms with Gasteiger partial charge in [-0.25, -0.2) is 4.39 Å². The zero-order valence-corrected chi connectivity index (χ0v) is 18.4. The van der Waals surface area contributed by atoms with Gasteiger partial charge >= 0.3 is 0 Å². The number of hydrogen-bond acceptors (Lipinski definition) is 6. The number of nitrogens with one attached hydrogen (secondary N) is 2. The largest absolute Gasteiger partial charge is 0.381 e. The van der Waals surface area contributed by atoms with Crippen LogP contribution in [0.5, 0.6) is 0 Å². The van der Waals surface area contributed by atoms with E-state index >= 15 is 0 Å². The summed E-state index contributed by atoms with van der Waals surface area (Å²) in [4.78, 5) is 40.8. The van der Waals surface area contributed by atoms with Crippen molar-refractivity contribution >= 4 is 23.4 Å². The van der Waals surface area contributed by atoms with Gasteiger partial charge in [-0.1, -0.05) is 18.2 Å². The predicted molar refractivity (Wildman–Crippen MR) is 122 cm³/mol. The number of carbonyl (C=O) groups excluding carboxylic acids is 3. The molecule has 0 spiro atoms. The molecule has 178 valence electrons. The summed E-state index contributed by atoms with van der Waals surface area (Å²) in [5, 5.41) is 4.98. The van der Waals surface area contributed by atoms with Crippen molar-refractivity contribution in [1.29, 1.82) is 0 Å². The van der Waals surface area contributed by atoms with Gasteiger partial charge in [0.2, 0.25) is 11.8 Å². The van der Waals surface area contributed by atoms with Crippen LogP contribution in [0.15, 0.2) is 36.4 Å². The number of imide groups is 1. The molecule has 2 saturated heterocycles. The topological polar surface area (TPSA) is 91.0 Å². The molecule has 3 aliphatic heterocycles. The summed E-state index contributed by atoms with van der Waals surface area (Å²) in [6.07, 6.45) is -5.98. The second-order valence-corrected chi connectivity index (χ2v) is 8.42. The van der Waals surface area contributed by atoms with Crippen molar-refractivity contribution < 1.29 is 29.0 Å². The van der Waals surface area contributed by atoms with E-state index < -0.39 is 36.5 Å². The number of rotatable bonds is 6. The highest BCUT2D eigenvalue weighted by atomic mass is 19.1. The van der Waals surface area contributed by atoms with E-state index in [-0.39, 0.29) is 24.5 Å². The summed E-state index contributed by atoms with van der Waals surface area (Å²) in [5.41, 5.74) is 2.48. The maximum absolute atomic E-state index is 14.9. The number of benzene rings is 2. The Morgan fingerprint density at radius 2 is 2.00 bits per heavy atom. The normalized spacial score (nSPS) is 25.6. The number of ether oxygens (including phenoxy) is 1. The summed E-state index contributed by atoms with van der Waals surface area (Å²) < 4.78 is 52.5. The smallest absolute Gasteiger partial charge is 0.255 e. The quantitative estimate of drug-likeness (QED) is 0.628. The average molecular weight is 471 g/mol. The van der Waals surface area contributed by atoms with Gasteiger partial charge in [-0.2, -0.15) is 0 Å². The first-order chi connectivity index (χ1) is 18.0. The Hall–Kier alpha value is -3.30. The van der Waals surface area contributed by atoms with Gasteiger partial charge in [-0.15, -0.1) is 0 Å². The van der Waals surface area contributed by atoms with Crippen LogP contribution in [0.3, 0.4) is 0 Å². The molecular weight excluding hydrogens is 439 g/mol. The molecule has 0 saturated carbocycles. The molecule has 0 aromatic heterocycles. The first-order valence-electron chi connectivity index (χ1n) is 13.1. The zero-order valence-electron chi connectivity index (χ0n) is 22.4. The van der Waals surface area contributed by atoms with Gasteiger partial charge in [0.25, 0.3) is 5.91 Å². The van der Waals surface area contributed by atoms with Crippen LogP contribution in [-0.4, -0.2) is 59.9 Å². The third-order valence-corrected chi connectivity index (χ3v) is 6.21. The van der Waals surface area contributed by atoms with Crippen molar-refractivity contribution in [2.24, 2.45) is 0 Å². The van der Waals surface area contributed by atoms with Gasteiger partial charge in [0.1, 0.15) is 11.9 Å². The molecule has 2 aromatic carbocycles. The van der Waals surface area contributed by atoms with Crippen LogP contribution in [0.25, 0.3) is 0 Å². The molecule has 0 radical (unpaired) electrons. The molecule has 8 nitrogen and oxygen atoms in total. The molecule has 2 N–H and O–H groups in total. The summed E-state index contributed by atoms with van der Waals surface area (Å²) >= 11 is 0. The zero-order chi connectivity index (χ0) is 27.2. The van der Waals surface area contributed by atoms with E-state index in [1.54, 1.807) is 18.2 Å². The molecule has 1 atom stereocenters. The van der Waals surface area contributed by atoms with Crippen LogP contribution in [-0.2, 0) is 34.0 Å². The number of halogens is 1. The number of morpholine rings is 1. The first-order valence-corrected chi connectivity index (χ1v) is 11.1. The SMILES string of the molecule is [2H]C1([2H])C(=O)NC(=O)[C@@H](N2Cc3c(NCc4ccc(CN5CCOCC5)cc4F)cccc3C2=O)C1([2H])[2H]. The second-order valence-electron chi connectivity index (χ2n) is 8.42. The maximum atomic E-state index is 14.9. The van der Waals surface area contributed by atoms with Crippen LogP contribution < -0.4 is 10.6 Å². The number of hydrogen-bond donors (Lipinski definition) is 2. The van der Waals surface area contributed by atoms with Gasteiger partial charge in [-0.05, 0) is 30.1 Å². The van der Waals surface area contributed by atoms with E-state index in [9.17, 15) is 18.8 Å². The Labute approximate surface area is 202 Å². The predicted octanol–water partition coefficient (Wildman–Crippen LogP) is 2.03. The van der Waals surface area contributed by atoms with Crippen molar-refractivity contribution in [1.82, 2.24) is 15.1 Å². The Balaban J connectivity index is 1.32. The Kier molecular flexibility index (Phi) is 5.06. The molecule has 9 heteroatoms. The average Bonchev–Trinajstić information content (AvgIpc) is 3.19. The second kappa shape index (κ2) is 9.52. The van der Waals surface area contributed by atoms with E-state index in [1.807, 2.05) is 11.4 Å². The van der Waals surface area contributed by atoms with Crippen LogP contribution in [0.2, 0.25) is 0 Å². The molecular formula is C25H27FN4O4. The van der Waals surface area contributed by atoms with E-state index in [2.05, 4.69) is 10.2 Å². The third kappa shape index (κ3) is 4.53. The maximum Gasteiger partial charge on any atom is 0.255 e. The third-order valence-electron chi connectivity index (χ3n) is 6.21. The first kappa shape index (κ1) is 18.1. The van der Waals surface area contributed by atoms with Gasteiger partial charge < -0.3 is 15.0 Å². The van der Waals surface area contributed by atoms with Crippen molar-refractivity contribution in [2.75, 3.05) is 31.6 Å². The van der Waals surface area contributed by atoms with Crippen LogP contribution in [0.4, 0.5) is 10.1 Å². The molecule has 0 bridgehead atoms. The fourth-order valence-corrected chi connectivity index (χ4v) is 4.40. The lowest BCUT2D eigenvalue weighted by Gasteiger charge is -2.29. The minimum absolute atomic E-state index is 0.121. The molecule has 3 heterocycles. The lowest BCUT2D eigenvalue weighted by Crippen LogP contribution is -2.52. The summed E-state index contributed by atoms with van der Waals surface area (Å²) in [6.45, 7) is 3.48. The monoisotopic (exact) mass is 470 g/mol. The minimum atomic E-state index is -3.02. The molecule has 34 heavy (non-hydrogen) atoms. The van der Waals surface area contributed by atoms with Crippen LogP contribution >= 0.6 is 0 Å². The van der Waals surface area contributed by atoms with Crippen LogP contribution in [0, 0.1) is 5.82 Å². The van der Waals surface area contributed by atoms with Crippen molar-refractivity contribution in [3.63, 3.8) is 0 Å². The van der Waals surface area contributed by atoms with E-state index in [0.717, 1.165) is 23.6 Å². The van der Waals surface area contributed by atoms with Gasteiger partial charge in [0, 0.05) is 67.0 Å². The van der Waals surface area contributed by atoms with Crippen molar-refractivity contribution in [2.45, 2.75) is 38.4 Å². The van der Waals surface area contributed by atoms with Gasteiger partial charge in [0.05, 0.1) is 13.2 Å². The fraction of sp³-hybridized carbons (Fsp3) is 0.400. The molecule has 3 amide bonds. The highest BCUT2D eigenvalue weighted by Gasteiger charge is 2.39. The number of amides is 3. The summed E-state index contributed by atoms with van der Waals surface area (Å²) in [6, 6.07) is 8.07. The number of anilines is 1. The number of carbonyl (C=O) groups is 3. The number of piperidine rings is 1. The minimum Gasteiger partial charge on any atom is -0.381 e. The molecule has 2 aromatic rings. The number of fused-ring (bicyclic) bond motifs is 1. The molecule has 2 fully saturated rings. The number of nitrogens with zero attached hydrogens (tertiary/aromatic N) is 2. The van der Waals surface area contributed by atoms with E-state index in [0.29, 0.717) is 36.6 Å². The van der Waals surface area contributed by atoms with Crippen molar-refractivity contribution in [3.8, 4) is 0 Å². The Morgan fingerprint density at radius 3 is 2.79 bits per heavy atom. The molecule has 0 aliphatic carbocycles. The molecule has 5 rings (SSSR count). The Bertz CT molecular complexity index is 1300. The van der Waals surface area contributed by atoms with Crippen molar-refractivity contribution in [3.05, 3.63) is 64.5 Å². The highest BCUT2D eigenvalue weighted by Crippen LogP contribution is 2.32. The molecule has 0 unspecified atom stereocenters. The summed E-state index contributed by atoms with van der Waals surface area (Å²) in [7, 11) is 0. The lowest BCUT2D eigenvalue weighted by molar-refractivity contribution is -0.136. The lowest BCUT2D eigenvalue weighted by atomic mass is 10.0. The van der Waals surface area contributed by atoms with Gasteiger partial charge in [-0.3, -0.25) is 24.6 Å². The van der Waals surface area contributed by atoms with Gasteiger partial charge in [0.15, 0.2) is 0 Å². The fourth-order valence-electron chi connectivity index (χ4n) is 4.40. The highest BCUT2D eigenvalue weighted by molar-refractivity contribution is 6.06. The van der Waals surface area contributed by atoms with E-state index in [1.165, 1.54) is 12.1 Å². The summed E-state index contributed by atoms with van der Waals surface area (Å²) in [5.74, 6) is -3.48. The Morgan fingerprint density at radius 1 is 1.18 bits per heavy atom.